The van der Waals surface area contributed by atoms with Crippen LogP contribution in [-0.2, 0) is 9.59 Å². The van der Waals surface area contributed by atoms with E-state index in [9.17, 15) is 9.59 Å². The van der Waals surface area contributed by atoms with Gasteiger partial charge in [-0.25, -0.2) is 0 Å². The number of fused-ring (bicyclic) bond motifs is 2. The summed E-state index contributed by atoms with van der Waals surface area (Å²) < 4.78 is 0. The number of rotatable bonds is 0. The Hall–Kier alpha value is -1.70. The first-order chi connectivity index (χ1) is 8.68. The minimum absolute atomic E-state index is 0.112. The average molecular weight is 240 g/mol. The second-order valence-corrected chi connectivity index (χ2v) is 5.27. The minimum atomic E-state index is -0.226. The SMILES string of the molecule is CC1C=CC=C2C(=O)C3C=CCCC3C(=O)C2=C1. The first-order valence-corrected chi connectivity index (χ1v) is 6.54. The summed E-state index contributed by atoms with van der Waals surface area (Å²) >= 11 is 0. The highest BCUT2D eigenvalue weighted by atomic mass is 16.1. The fourth-order valence-electron chi connectivity index (χ4n) is 3.03. The molecule has 3 unspecified atom stereocenters. The molecule has 0 spiro atoms. The van der Waals surface area contributed by atoms with Crippen molar-refractivity contribution in [3.8, 4) is 0 Å². The van der Waals surface area contributed by atoms with Gasteiger partial charge in [0.05, 0.1) is 5.92 Å². The maximum absolute atomic E-state index is 12.5. The van der Waals surface area contributed by atoms with Crippen molar-refractivity contribution in [1.29, 1.82) is 0 Å². The van der Waals surface area contributed by atoms with Crippen LogP contribution in [0.3, 0.4) is 0 Å². The Balaban J connectivity index is 2.11. The summed E-state index contributed by atoms with van der Waals surface area (Å²) in [4.78, 5) is 25.0. The fourth-order valence-corrected chi connectivity index (χ4v) is 3.03. The van der Waals surface area contributed by atoms with Gasteiger partial charge in [-0.3, -0.25) is 9.59 Å². The van der Waals surface area contributed by atoms with Crippen LogP contribution in [0.2, 0.25) is 0 Å². The summed E-state index contributed by atoms with van der Waals surface area (Å²) in [5.41, 5.74) is 1.25. The second-order valence-electron chi connectivity index (χ2n) is 5.27. The van der Waals surface area contributed by atoms with Crippen LogP contribution in [0.5, 0.6) is 0 Å². The minimum Gasteiger partial charge on any atom is -0.294 e. The Morgan fingerprint density at radius 3 is 2.78 bits per heavy atom. The molecule has 3 aliphatic rings. The zero-order valence-corrected chi connectivity index (χ0v) is 10.4. The summed E-state index contributed by atoms with van der Waals surface area (Å²) in [6, 6.07) is 0. The van der Waals surface area contributed by atoms with E-state index >= 15 is 0 Å². The second kappa shape index (κ2) is 4.20. The van der Waals surface area contributed by atoms with Gasteiger partial charge in [-0.05, 0) is 18.8 Å². The van der Waals surface area contributed by atoms with Crippen LogP contribution in [0.15, 0.2) is 47.6 Å². The highest BCUT2D eigenvalue weighted by Crippen LogP contribution is 2.39. The van der Waals surface area contributed by atoms with Crippen LogP contribution in [-0.4, -0.2) is 11.6 Å². The maximum Gasteiger partial charge on any atom is 0.171 e. The molecule has 0 bridgehead atoms. The molecule has 0 N–H and O–H groups in total. The van der Waals surface area contributed by atoms with Crippen molar-refractivity contribution in [2.24, 2.45) is 17.8 Å². The Morgan fingerprint density at radius 2 is 1.94 bits per heavy atom. The van der Waals surface area contributed by atoms with Gasteiger partial charge in [0, 0.05) is 17.1 Å². The third-order valence-corrected chi connectivity index (χ3v) is 3.99. The van der Waals surface area contributed by atoms with Gasteiger partial charge < -0.3 is 0 Å². The standard InChI is InChI=1S/C16H16O2/c1-10-5-4-8-13-14(9-10)16(18)12-7-3-2-6-11(12)15(13)17/h2,4-6,8-12H,3,7H2,1H3. The van der Waals surface area contributed by atoms with Gasteiger partial charge in [0.15, 0.2) is 11.6 Å². The van der Waals surface area contributed by atoms with Gasteiger partial charge in [-0.1, -0.05) is 43.4 Å². The molecule has 0 radical (unpaired) electrons. The molecule has 2 nitrogen and oxygen atoms in total. The quantitative estimate of drug-likeness (QED) is 0.610. The van der Waals surface area contributed by atoms with Crippen molar-refractivity contribution < 1.29 is 9.59 Å². The lowest BCUT2D eigenvalue weighted by atomic mass is 9.68. The maximum atomic E-state index is 12.5. The lowest BCUT2D eigenvalue weighted by Gasteiger charge is -2.32. The van der Waals surface area contributed by atoms with Crippen molar-refractivity contribution in [2.75, 3.05) is 0 Å². The molecule has 0 aromatic carbocycles. The van der Waals surface area contributed by atoms with E-state index in [0.717, 1.165) is 12.8 Å². The number of carbonyl (C=O) groups excluding carboxylic acids is 2. The highest BCUT2D eigenvalue weighted by molar-refractivity contribution is 6.20. The van der Waals surface area contributed by atoms with Crippen LogP contribution >= 0.6 is 0 Å². The molecule has 1 fully saturated rings. The molecule has 0 amide bonds. The molecule has 3 aliphatic carbocycles. The zero-order valence-electron chi connectivity index (χ0n) is 10.4. The van der Waals surface area contributed by atoms with E-state index in [0.29, 0.717) is 11.1 Å². The summed E-state index contributed by atoms with van der Waals surface area (Å²) in [5.74, 6) is 0.125. The topological polar surface area (TPSA) is 34.1 Å². The predicted molar refractivity (Wildman–Crippen MR) is 69.8 cm³/mol. The average Bonchev–Trinajstić information content (AvgIpc) is 2.58. The molecule has 0 heterocycles. The van der Waals surface area contributed by atoms with Gasteiger partial charge >= 0.3 is 0 Å². The molecule has 2 heteroatoms. The van der Waals surface area contributed by atoms with Crippen molar-refractivity contribution in [3.05, 3.63) is 47.6 Å². The van der Waals surface area contributed by atoms with Gasteiger partial charge in [-0.15, -0.1) is 0 Å². The molecule has 0 aliphatic heterocycles. The molecule has 18 heavy (non-hydrogen) atoms. The Bertz CT molecular complexity index is 531. The molecular formula is C16H16O2. The van der Waals surface area contributed by atoms with Crippen LogP contribution in [0.4, 0.5) is 0 Å². The number of allylic oxidation sites excluding steroid dienone is 8. The van der Waals surface area contributed by atoms with Crippen LogP contribution in [0, 0.1) is 17.8 Å². The van der Waals surface area contributed by atoms with Gasteiger partial charge in [0.25, 0.3) is 0 Å². The van der Waals surface area contributed by atoms with Gasteiger partial charge in [-0.2, -0.15) is 0 Å². The molecule has 3 rings (SSSR count). The molecular weight excluding hydrogens is 224 g/mol. The molecule has 0 aromatic heterocycles. The van der Waals surface area contributed by atoms with E-state index in [1.807, 2.05) is 37.3 Å². The summed E-state index contributed by atoms with van der Waals surface area (Å²) in [5, 5.41) is 0. The first kappa shape index (κ1) is 11.4. The largest absolute Gasteiger partial charge is 0.294 e. The molecule has 0 aromatic rings. The Morgan fingerprint density at radius 1 is 1.11 bits per heavy atom. The van der Waals surface area contributed by atoms with Crippen LogP contribution < -0.4 is 0 Å². The van der Waals surface area contributed by atoms with E-state index in [1.165, 1.54) is 0 Å². The normalized spacial score (nSPS) is 34.4. The monoisotopic (exact) mass is 240 g/mol. The third-order valence-electron chi connectivity index (χ3n) is 3.99. The van der Waals surface area contributed by atoms with Crippen molar-refractivity contribution in [3.63, 3.8) is 0 Å². The van der Waals surface area contributed by atoms with E-state index in [4.69, 9.17) is 0 Å². The van der Waals surface area contributed by atoms with E-state index in [-0.39, 0.29) is 29.3 Å². The molecule has 3 atom stereocenters. The summed E-state index contributed by atoms with van der Waals surface area (Å²) in [6.07, 6.45) is 13.3. The summed E-state index contributed by atoms with van der Waals surface area (Å²) in [7, 11) is 0. The van der Waals surface area contributed by atoms with E-state index < -0.39 is 0 Å². The van der Waals surface area contributed by atoms with Gasteiger partial charge in [0.1, 0.15) is 0 Å². The number of ketones is 2. The highest BCUT2D eigenvalue weighted by Gasteiger charge is 2.42. The lowest BCUT2D eigenvalue weighted by Crippen LogP contribution is -2.38. The van der Waals surface area contributed by atoms with Crippen molar-refractivity contribution >= 4 is 11.6 Å². The third kappa shape index (κ3) is 1.64. The smallest absolute Gasteiger partial charge is 0.171 e. The number of hydrogen-bond acceptors (Lipinski definition) is 2. The predicted octanol–water partition coefficient (Wildman–Crippen LogP) is 2.78. The molecule has 1 saturated carbocycles. The number of Topliss-reactive ketones (excluding diaryl/α,β-unsaturated/α-hetero) is 2. The Kier molecular flexibility index (Phi) is 2.66. The van der Waals surface area contributed by atoms with Crippen molar-refractivity contribution in [1.82, 2.24) is 0 Å². The Labute approximate surface area is 107 Å². The zero-order chi connectivity index (χ0) is 12.7. The van der Waals surface area contributed by atoms with Crippen LogP contribution in [0.1, 0.15) is 19.8 Å². The molecule has 0 saturated heterocycles. The molecule has 92 valence electrons. The lowest BCUT2D eigenvalue weighted by molar-refractivity contribution is -0.129. The van der Waals surface area contributed by atoms with Gasteiger partial charge in [0.2, 0.25) is 0 Å². The van der Waals surface area contributed by atoms with Crippen LogP contribution in [0.25, 0.3) is 0 Å². The fraction of sp³-hybridized carbons (Fsp3) is 0.375. The first-order valence-electron chi connectivity index (χ1n) is 6.54. The van der Waals surface area contributed by atoms with E-state index in [1.54, 1.807) is 6.08 Å². The summed E-state index contributed by atoms with van der Waals surface area (Å²) in [6.45, 7) is 2.03. The van der Waals surface area contributed by atoms with E-state index in [2.05, 4.69) is 0 Å². The number of carbonyl (C=O) groups is 2. The van der Waals surface area contributed by atoms with Crippen molar-refractivity contribution in [2.45, 2.75) is 19.8 Å². The number of hydrogen-bond donors (Lipinski definition) is 0.